The van der Waals surface area contributed by atoms with E-state index in [4.69, 9.17) is 0 Å². The first kappa shape index (κ1) is 16.7. The second-order valence-corrected chi connectivity index (χ2v) is 5.66. The lowest BCUT2D eigenvalue weighted by Crippen LogP contribution is -2.27. The fourth-order valence-electron chi connectivity index (χ4n) is 2.18. The molecular formula is C15H28N4O. The summed E-state index contributed by atoms with van der Waals surface area (Å²) in [5, 5.41) is 8.03. The largest absolute Gasteiger partial charge is 0.338 e. The summed E-state index contributed by atoms with van der Waals surface area (Å²) in [6.07, 6.45) is 8.23. The topological polar surface area (TPSA) is 51.0 Å². The molecular weight excluding hydrogens is 252 g/mol. The highest BCUT2D eigenvalue weighted by Crippen LogP contribution is 2.10. The monoisotopic (exact) mass is 280 g/mol. The fraction of sp³-hybridized carbons (Fsp3) is 0.800. The smallest absolute Gasteiger partial charge is 0.222 e. The fourth-order valence-corrected chi connectivity index (χ4v) is 2.18. The Labute approximate surface area is 122 Å². The van der Waals surface area contributed by atoms with Crippen LogP contribution in [0.2, 0.25) is 0 Å². The summed E-state index contributed by atoms with van der Waals surface area (Å²) in [6.45, 7) is 6.90. The van der Waals surface area contributed by atoms with Gasteiger partial charge >= 0.3 is 0 Å². The maximum atomic E-state index is 12.1. The molecule has 1 aromatic heterocycles. The van der Waals surface area contributed by atoms with Crippen molar-refractivity contribution in [2.45, 2.75) is 71.9 Å². The number of amides is 1. The summed E-state index contributed by atoms with van der Waals surface area (Å²) in [7, 11) is 1.84. The molecule has 1 amide bonds. The van der Waals surface area contributed by atoms with E-state index in [0.29, 0.717) is 19.0 Å². The van der Waals surface area contributed by atoms with Gasteiger partial charge < -0.3 is 9.47 Å². The molecule has 0 aliphatic carbocycles. The van der Waals surface area contributed by atoms with Crippen molar-refractivity contribution in [2.75, 3.05) is 7.05 Å². The molecule has 114 valence electrons. The number of hydrogen-bond donors (Lipinski definition) is 0. The quantitative estimate of drug-likeness (QED) is 0.653. The second kappa shape index (κ2) is 8.72. The van der Waals surface area contributed by atoms with Crippen LogP contribution >= 0.6 is 0 Å². The predicted molar refractivity (Wildman–Crippen MR) is 80.3 cm³/mol. The van der Waals surface area contributed by atoms with Gasteiger partial charge in [-0.2, -0.15) is 0 Å². The third-order valence-electron chi connectivity index (χ3n) is 3.50. The lowest BCUT2D eigenvalue weighted by molar-refractivity contribution is -0.130. The van der Waals surface area contributed by atoms with Crippen molar-refractivity contribution >= 4 is 5.91 Å². The molecule has 5 nitrogen and oxygen atoms in total. The second-order valence-electron chi connectivity index (χ2n) is 5.66. The van der Waals surface area contributed by atoms with Gasteiger partial charge in [-0.3, -0.25) is 4.79 Å². The SMILES string of the molecule is CCCCCCCC(=O)N(C)Cc1nncn1C(C)C. The molecule has 0 fully saturated rings. The number of aromatic nitrogens is 3. The molecule has 0 atom stereocenters. The van der Waals surface area contributed by atoms with E-state index >= 15 is 0 Å². The summed E-state index contributed by atoms with van der Waals surface area (Å²) < 4.78 is 2.00. The van der Waals surface area contributed by atoms with Crippen LogP contribution < -0.4 is 0 Å². The molecule has 0 aromatic carbocycles. The predicted octanol–water partition coefficient (Wildman–Crippen LogP) is 3.18. The maximum Gasteiger partial charge on any atom is 0.222 e. The van der Waals surface area contributed by atoms with Crippen molar-refractivity contribution < 1.29 is 4.79 Å². The van der Waals surface area contributed by atoms with E-state index in [0.717, 1.165) is 18.7 Å². The minimum Gasteiger partial charge on any atom is -0.338 e. The van der Waals surface area contributed by atoms with Crippen LogP contribution in [-0.4, -0.2) is 32.6 Å². The number of nitrogens with zero attached hydrogens (tertiary/aromatic N) is 4. The number of unbranched alkanes of at least 4 members (excludes halogenated alkanes) is 4. The molecule has 0 aliphatic heterocycles. The van der Waals surface area contributed by atoms with E-state index in [2.05, 4.69) is 31.0 Å². The molecule has 0 radical (unpaired) electrons. The van der Waals surface area contributed by atoms with Crippen molar-refractivity contribution in [3.63, 3.8) is 0 Å². The van der Waals surface area contributed by atoms with E-state index in [1.807, 2.05) is 11.6 Å². The van der Waals surface area contributed by atoms with Crippen LogP contribution in [0, 0.1) is 0 Å². The Balaban J connectivity index is 2.36. The third-order valence-corrected chi connectivity index (χ3v) is 3.50. The number of carbonyl (C=O) groups excluding carboxylic acids is 1. The Morgan fingerprint density at radius 1 is 1.30 bits per heavy atom. The van der Waals surface area contributed by atoms with Crippen LogP contribution in [0.25, 0.3) is 0 Å². The van der Waals surface area contributed by atoms with Crippen molar-refractivity contribution in [3.8, 4) is 0 Å². The lowest BCUT2D eigenvalue weighted by atomic mass is 10.1. The number of hydrogen-bond acceptors (Lipinski definition) is 3. The molecule has 20 heavy (non-hydrogen) atoms. The Morgan fingerprint density at radius 3 is 2.65 bits per heavy atom. The van der Waals surface area contributed by atoms with Gasteiger partial charge in [0, 0.05) is 19.5 Å². The van der Waals surface area contributed by atoms with E-state index < -0.39 is 0 Å². The van der Waals surface area contributed by atoms with E-state index in [1.54, 1.807) is 11.2 Å². The van der Waals surface area contributed by atoms with Crippen molar-refractivity contribution in [1.29, 1.82) is 0 Å². The average molecular weight is 280 g/mol. The highest BCUT2D eigenvalue weighted by molar-refractivity contribution is 5.75. The van der Waals surface area contributed by atoms with Gasteiger partial charge in [-0.25, -0.2) is 0 Å². The normalized spacial score (nSPS) is 11.1. The van der Waals surface area contributed by atoms with Crippen LogP contribution in [0.15, 0.2) is 6.33 Å². The Kier molecular flexibility index (Phi) is 7.26. The standard InChI is InChI=1S/C15H28N4O/c1-5-6-7-8-9-10-15(20)18(4)11-14-17-16-12-19(14)13(2)3/h12-13H,5-11H2,1-4H3. The molecule has 1 heterocycles. The first-order chi connectivity index (χ1) is 9.56. The van der Waals surface area contributed by atoms with Crippen LogP contribution in [0.1, 0.15) is 71.2 Å². The molecule has 1 aromatic rings. The summed E-state index contributed by atoms with van der Waals surface area (Å²) in [5.41, 5.74) is 0. The third kappa shape index (κ3) is 5.31. The zero-order valence-electron chi connectivity index (χ0n) is 13.3. The molecule has 0 unspecified atom stereocenters. The van der Waals surface area contributed by atoms with E-state index in [1.165, 1.54) is 19.3 Å². The van der Waals surface area contributed by atoms with Gasteiger partial charge in [0.15, 0.2) is 5.82 Å². The minimum atomic E-state index is 0.194. The summed E-state index contributed by atoms with van der Waals surface area (Å²) in [5.74, 6) is 1.04. The summed E-state index contributed by atoms with van der Waals surface area (Å²) >= 11 is 0. The summed E-state index contributed by atoms with van der Waals surface area (Å²) in [6, 6.07) is 0.317. The first-order valence-electron chi connectivity index (χ1n) is 7.68. The van der Waals surface area contributed by atoms with Crippen LogP contribution in [0.3, 0.4) is 0 Å². The van der Waals surface area contributed by atoms with Gasteiger partial charge in [0.2, 0.25) is 5.91 Å². The molecule has 5 heteroatoms. The van der Waals surface area contributed by atoms with Gasteiger partial charge in [-0.15, -0.1) is 10.2 Å². The summed E-state index contributed by atoms with van der Waals surface area (Å²) in [4.78, 5) is 13.8. The number of carbonyl (C=O) groups is 1. The van der Waals surface area contributed by atoms with Crippen LogP contribution in [0.5, 0.6) is 0 Å². The van der Waals surface area contributed by atoms with Crippen LogP contribution in [-0.2, 0) is 11.3 Å². The van der Waals surface area contributed by atoms with Gasteiger partial charge in [-0.1, -0.05) is 32.6 Å². The molecule has 0 N–H and O–H groups in total. The lowest BCUT2D eigenvalue weighted by Gasteiger charge is -2.18. The van der Waals surface area contributed by atoms with Crippen molar-refractivity contribution in [1.82, 2.24) is 19.7 Å². The van der Waals surface area contributed by atoms with Gasteiger partial charge in [0.1, 0.15) is 6.33 Å². The Hall–Kier alpha value is -1.39. The van der Waals surface area contributed by atoms with E-state index in [-0.39, 0.29) is 5.91 Å². The molecule has 0 aliphatic rings. The van der Waals surface area contributed by atoms with Gasteiger partial charge in [-0.05, 0) is 20.3 Å². The minimum absolute atomic E-state index is 0.194. The van der Waals surface area contributed by atoms with Crippen molar-refractivity contribution in [2.24, 2.45) is 0 Å². The van der Waals surface area contributed by atoms with Gasteiger partial charge in [0.05, 0.1) is 6.54 Å². The van der Waals surface area contributed by atoms with E-state index in [9.17, 15) is 4.79 Å². The molecule has 0 spiro atoms. The maximum absolute atomic E-state index is 12.1. The van der Waals surface area contributed by atoms with Gasteiger partial charge in [0.25, 0.3) is 0 Å². The average Bonchev–Trinajstić information content (AvgIpc) is 2.86. The first-order valence-corrected chi connectivity index (χ1v) is 7.68. The number of rotatable bonds is 9. The molecule has 1 rings (SSSR count). The molecule has 0 saturated heterocycles. The highest BCUT2D eigenvalue weighted by atomic mass is 16.2. The Bertz CT molecular complexity index is 400. The van der Waals surface area contributed by atoms with Crippen LogP contribution in [0.4, 0.5) is 0 Å². The molecule has 0 saturated carbocycles. The zero-order valence-corrected chi connectivity index (χ0v) is 13.3. The van der Waals surface area contributed by atoms with Crippen molar-refractivity contribution in [3.05, 3.63) is 12.2 Å². The zero-order chi connectivity index (χ0) is 15.0. The molecule has 0 bridgehead atoms. The Morgan fingerprint density at radius 2 is 2.00 bits per heavy atom. The highest BCUT2D eigenvalue weighted by Gasteiger charge is 2.13.